The first kappa shape index (κ1) is 16.3. The lowest BCUT2D eigenvalue weighted by atomic mass is 10.1. The highest BCUT2D eigenvalue weighted by atomic mass is 32.2. The number of halogens is 3. The highest BCUT2D eigenvalue weighted by molar-refractivity contribution is 7.88. The van der Waals surface area contributed by atoms with Crippen LogP contribution >= 0.6 is 0 Å². The molecule has 2 rings (SSSR count). The molecule has 118 valence electrons. The molecule has 0 aromatic heterocycles. The molecule has 1 N–H and O–H groups in total. The average molecular weight is 323 g/mol. The van der Waals surface area contributed by atoms with Crippen molar-refractivity contribution < 1.29 is 26.7 Å². The minimum atomic E-state index is -4.43. The summed E-state index contributed by atoms with van der Waals surface area (Å²) in [4.78, 5) is 0. The number of benzene rings is 1. The Morgan fingerprint density at radius 3 is 2.14 bits per heavy atom. The molecule has 0 bridgehead atoms. The van der Waals surface area contributed by atoms with E-state index in [1.54, 1.807) is 0 Å². The summed E-state index contributed by atoms with van der Waals surface area (Å²) in [6.07, 6.45) is -4.15. The van der Waals surface area contributed by atoms with Crippen LogP contribution in [0.5, 0.6) is 0 Å². The van der Waals surface area contributed by atoms with Crippen LogP contribution in [0.15, 0.2) is 24.3 Å². The van der Waals surface area contributed by atoms with Crippen LogP contribution in [-0.4, -0.2) is 37.0 Å². The molecule has 0 aliphatic carbocycles. The summed E-state index contributed by atoms with van der Waals surface area (Å²) in [5.41, 5.74) is -0.487. The Labute approximate surface area is 121 Å². The normalized spacial score (nSPS) is 18.9. The van der Waals surface area contributed by atoms with Gasteiger partial charge in [-0.1, -0.05) is 12.1 Å². The molecule has 0 atom stereocenters. The van der Waals surface area contributed by atoms with Crippen molar-refractivity contribution in [3.8, 4) is 0 Å². The van der Waals surface area contributed by atoms with Crippen molar-refractivity contribution in [3.63, 3.8) is 0 Å². The number of aliphatic hydroxyl groups excluding tert-OH is 1. The Bertz CT molecular complexity index is 576. The molecule has 21 heavy (non-hydrogen) atoms. The third-order valence-corrected chi connectivity index (χ3v) is 5.30. The van der Waals surface area contributed by atoms with E-state index in [-0.39, 0.29) is 18.8 Å². The first-order valence-corrected chi connectivity index (χ1v) is 8.11. The Hall–Kier alpha value is -1.12. The smallest absolute Gasteiger partial charge is 0.393 e. The number of hydrogen-bond acceptors (Lipinski definition) is 3. The van der Waals surface area contributed by atoms with E-state index in [0.29, 0.717) is 18.4 Å². The van der Waals surface area contributed by atoms with Gasteiger partial charge in [-0.15, -0.1) is 0 Å². The highest BCUT2D eigenvalue weighted by Crippen LogP contribution is 2.29. The molecule has 0 radical (unpaired) electrons. The predicted octanol–water partition coefficient (Wildman–Crippen LogP) is 1.99. The highest BCUT2D eigenvalue weighted by Gasteiger charge is 2.31. The summed E-state index contributed by atoms with van der Waals surface area (Å²) < 4.78 is 62.9. The van der Waals surface area contributed by atoms with Crippen LogP contribution in [0.4, 0.5) is 13.2 Å². The minimum absolute atomic E-state index is 0.240. The molecule has 1 saturated heterocycles. The van der Waals surface area contributed by atoms with Gasteiger partial charge in [0.05, 0.1) is 17.4 Å². The van der Waals surface area contributed by atoms with Crippen molar-refractivity contribution in [1.82, 2.24) is 4.31 Å². The minimum Gasteiger partial charge on any atom is -0.393 e. The van der Waals surface area contributed by atoms with Crippen LogP contribution in [0.2, 0.25) is 0 Å². The van der Waals surface area contributed by atoms with E-state index in [4.69, 9.17) is 0 Å². The number of hydrogen-bond donors (Lipinski definition) is 1. The van der Waals surface area contributed by atoms with Crippen LogP contribution in [0.25, 0.3) is 0 Å². The lowest BCUT2D eigenvalue weighted by Crippen LogP contribution is -2.40. The Morgan fingerprint density at radius 1 is 1.14 bits per heavy atom. The molecule has 0 spiro atoms. The fourth-order valence-electron chi connectivity index (χ4n) is 2.21. The summed E-state index contributed by atoms with van der Waals surface area (Å²) in [7, 11) is -3.57. The molecule has 4 nitrogen and oxygen atoms in total. The monoisotopic (exact) mass is 323 g/mol. The van der Waals surface area contributed by atoms with Crippen LogP contribution in [0, 0.1) is 0 Å². The maximum absolute atomic E-state index is 12.4. The van der Waals surface area contributed by atoms with E-state index < -0.39 is 27.9 Å². The van der Waals surface area contributed by atoms with Gasteiger partial charge in [0.1, 0.15) is 0 Å². The Kier molecular flexibility index (Phi) is 4.60. The number of nitrogens with zero attached hydrogens (tertiary/aromatic N) is 1. The van der Waals surface area contributed by atoms with E-state index in [9.17, 15) is 26.7 Å². The third-order valence-electron chi connectivity index (χ3n) is 3.45. The number of sulfonamides is 1. The predicted molar refractivity (Wildman–Crippen MR) is 70.9 cm³/mol. The van der Waals surface area contributed by atoms with Gasteiger partial charge >= 0.3 is 6.18 Å². The van der Waals surface area contributed by atoms with E-state index in [1.807, 2.05) is 0 Å². The maximum atomic E-state index is 12.4. The van der Waals surface area contributed by atoms with Gasteiger partial charge < -0.3 is 5.11 Å². The van der Waals surface area contributed by atoms with E-state index in [0.717, 1.165) is 12.1 Å². The van der Waals surface area contributed by atoms with Crippen LogP contribution in [0.3, 0.4) is 0 Å². The van der Waals surface area contributed by atoms with E-state index in [1.165, 1.54) is 16.4 Å². The Balaban J connectivity index is 2.07. The van der Waals surface area contributed by atoms with Crippen molar-refractivity contribution in [1.29, 1.82) is 0 Å². The molecule has 1 aliphatic heterocycles. The first-order chi connectivity index (χ1) is 9.68. The van der Waals surface area contributed by atoms with Crippen molar-refractivity contribution in [2.24, 2.45) is 0 Å². The average Bonchev–Trinajstić information content (AvgIpc) is 2.38. The van der Waals surface area contributed by atoms with Gasteiger partial charge in [0.15, 0.2) is 0 Å². The number of alkyl halides is 3. The molecule has 0 amide bonds. The molecule has 0 unspecified atom stereocenters. The summed E-state index contributed by atoms with van der Waals surface area (Å²) in [5, 5.41) is 9.36. The fraction of sp³-hybridized carbons (Fsp3) is 0.538. The summed E-state index contributed by atoms with van der Waals surface area (Å²) >= 11 is 0. The van der Waals surface area contributed by atoms with Crippen molar-refractivity contribution >= 4 is 10.0 Å². The van der Waals surface area contributed by atoms with Crippen LogP contribution < -0.4 is 0 Å². The van der Waals surface area contributed by atoms with E-state index in [2.05, 4.69) is 0 Å². The summed E-state index contributed by atoms with van der Waals surface area (Å²) in [6.45, 7) is 0.480. The number of rotatable bonds is 3. The zero-order valence-electron chi connectivity index (χ0n) is 11.2. The molecule has 0 saturated carbocycles. The maximum Gasteiger partial charge on any atom is 0.416 e. The van der Waals surface area contributed by atoms with Crippen molar-refractivity contribution in [2.75, 3.05) is 13.1 Å². The van der Waals surface area contributed by atoms with Gasteiger partial charge in [-0.3, -0.25) is 0 Å². The second-order valence-corrected chi connectivity index (χ2v) is 7.05. The Morgan fingerprint density at radius 2 is 1.67 bits per heavy atom. The van der Waals surface area contributed by atoms with Crippen LogP contribution in [-0.2, 0) is 22.0 Å². The van der Waals surface area contributed by atoms with Gasteiger partial charge in [0.2, 0.25) is 10.0 Å². The van der Waals surface area contributed by atoms with Gasteiger partial charge in [-0.2, -0.15) is 13.2 Å². The lowest BCUT2D eigenvalue weighted by Gasteiger charge is -2.28. The quantitative estimate of drug-likeness (QED) is 0.925. The molecule has 1 aliphatic rings. The van der Waals surface area contributed by atoms with E-state index >= 15 is 0 Å². The fourth-order valence-corrected chi connectivity index (χ4v) is 3.78. The molecular weight excluding hydrogens is 307 g/mol. The lowest BCUT2D eigenvalue weighted by molar-refractivity contribution is -0.137. The molecule has 8 heteroatoms. The van der Waals surface area contributed by atoms with Gasteiger partial charge in [0.25, 0.3) is 0 Å². The molecule has 1 heterocycles. The molecule has 1 aromatic carbocycles. The van der Waals surface area contributed by atoms with Crippen LogP contribution in [0.1, 0.15) is 24.0 Å². The van der Waals surface area contributed by atoms with Gasteiger partial charge in [0, 0.05) is 13.1 Å². The summed E-state index contributed by atoms with van der Waals surface area (Å²) in [5.74, 6) is -0.332. The number of piperidine rings is 1. The second kappa shape index (κ2) is 5.94. The van der Waals surface area contributed by atoms with Gasteiger partial charge in [-0.25, -0.2) is 12.7 Å². The first-order valence-electron chi connectivity index (χ1n) is 6.50. The summed E-state index contributed by atoms with van der Waals surface area (Å²) in [6, 6.07) is 4.12. The second-order valence-electron chi connectivity index (χ2n) is 5.08. The molecular formula is C13H16F3NO3S. The largest absolute Gasteiger partial charge is 0.416 e. The van der Waals surface area contributed by atoms with Gasteiger partial charge in [-0.05, 0) is 30.5 Å². The SMILES string of the molecule is O=S(=O)(Cc1ccc(C(F)(F)F)cc1)N1CCC(O)CC1. The zero-order valence-corrected chi connectivity index (χ0v) is 12.0. The number of aliphatic hydroxyl groups is 1. The topological polar surface area (TPSA) is 57.6 Å². The zero-order chi connectivity index (χ0) is 15.7. The molecule has 1 fully saturated rings. The third kappa shape index (κ3) is 4.18. The molecule has 1 aromatic rings. The van der Waals surface area contributed by atoms with Crippen molar-refractivity contribution in [3.05, 3.63) is 35.4 Å². The van der Waals surface area contributed by atoms with Crippen molar-refractivity contribution in [2.45, 2.75) is 30.9 Å². The standard InChI is InChI=1S/C13H16F3NO3S/c14-13(15,16)11-3-1-10(2-4-11)9-21(19,20)17-7-5-12(18)6-8-17/h1-4,12,18H,5-9H2.